The smallest absolute Gasteiger partial charge is 0.0202 e. The van der Waals surface area contributed by atoms with Crippen molar-refractivity contribution in [1.29, 1.82) is 0 Å². The molecule has 0 atom stereocenters. The van der Waals surface area contributed by atoms with E-state index in [4.69, 9.17) is 0 Å². The predicted octanol–water partition coefficient (Wildman–Crippen LogP) is 4.05. The van der Waals surface area contributed by atoms with Gasteiger partial charge >= 0.3 is 0 Å². The minimum absolute atomic E-state index is 0. The van der Waals surface area contributed by atoms with Crippen LogP contribution in [0.2, 0.25) is 0 Å². The Labute approximate surface area is 113 Å². The summed E-state index contributed by atoms with van der Waals surface area (Å²) in [4.78, 5) is 0. The van der Waals surface area contributed by atoms with Crippen LogP contribution in [0.1, 0.15) is 5.56 Å². The third kappa shape index (κ3) is 3.02. The maximum Gasteiger partial charge on any atom is 0.0202 e. The fourth-order valence-corrected chi connectivity index (χ4v) is 1.95. The standard InChI is InChI=1S/C13H10Br.Pd/c14-10-12-8-4-5-9-13(12)11-6-2-1-3-7-11;/h1-6,8-9H,10H2;/q-1;. The van der Waals surface area contributed by atoms with Crippen LogP contribution in [-0.2, 0) is 25.8 Å². The Bertz CT molecular complexity index is 412. The van der Waals surface area contributed by atoms with Crippen molar-refractivity contribution in [3.63, 3.8) is 0 Å². The van der Waals surface area contributed by atoms with Gasteiger partial charge in [0, 0.05) is 25.8 Å². The van der Waals surface area contributed by atoms with Crippen molar-refractivity contribution in [2.75, 3.05) is 0 Å². The molecule has 0 nitrogen and oxygen atoms in total. The molecule has 0 spiro atoms. The molecule has 0 aliphatic rings. The van der Waals surface area contributed by atoms with E-state index in [1.165, 1.54) is 11.1 Å². The Morgan fingerprint density at radius 1 is 1.00 bits per heavy atom. The first-order valence-electron chi connectivity index (χ1n) is 4.53. The monoisotopic (exact) mass is 351 g/mol. The molecule has 80 valence electrons. The number of hydrogen-bond acceptors (Lipinski definition) is 0. The van der Waals surface area contributed by atoms with Gasteiger partial charge in [-0.25, -0.2) is 0 Å². The molecule has 2 rings (SSSR count). The molecule has 0 amide bonds. The SMILES string of the molecule is BrCc1ccccc1-c1[c-]cccc1.[Pd]. The fourth-order valence-electron chi connectivity index (χ4n) is 1.46. The summed E-state index contributed by atoms with van der Waals surface area (Å²) in [5.41, 5.74) is 3.71. The second-order valence-corrected chi connectivity index (χ2v) is 3.63. The summed E-state index contributed by atoms with van der Waals surface area (Å²) in [5.74, 6) is 0. The predicted molar refractivity (Wildman–Crippen MR) is 63.3 cm³/mol. The first-order chi connectivity index (χ1) is 6.92. The van der Waals surface area contributed by atoms with Gasteiger partial charge in [-0.1, -0.05) is 51.3 Å². The molecule has 0 fully saturated rings. The molecular formula is C13H10BrPd-. The molecule has 0 aromatic heterocycles. The van der Waals surface area contributed by atoms with Crippen molar-refractivity contribution in [3.8, 4) is 11.1 Å². The van der Waals surface area contributed by atoms with Crippen LogP contribution in [0.4, 0.5) is 0 Å². The van der Waals surface area contributed by atoms with E-state index in [0.717, 1.165) is 10.9 Å². The van der Waals surface area contributed by atoms with Gasteiger partial charge in [0.1, 0.15) is 0 Å². The quantitative estimate of drug-likeness (QED) is 0.435. The number of rotatable bonds is 2. The molecule has 0 saturated carbocycles. The van der Waals surface area contributed by atoms with E-state index in [2.05, 4.69) is 52.3 Å². The Morgan fingerprint density at radius 2 is 1.73 bits per heavy atom. The van der Waals surface area contributed by atoms with Crippen LogP contribution in [0.15, 0.2) is 48.5 Å². The second kappa shape index (κ2) is 6.23. The van der Waals surface area contributed by atoms with Crippen molar-refractivity contribution in [2.45, 2.75) is 5.33 Å². The summed E-state index contributed by atoms with van der Waals surface area (Å²) >= 11 is 3.49. The van der Waals surface area contributed by atoms with Crippen molar-refractivity contribution in [3.05, 3.63) is 60.2 Å². The zero-order valence-electron chi connectivity index (χ0n) is 8.02. The van der Waals surface area contributed by atoms with Crippen molar-refractivity contribution >= 4 is 15.9 Å². The number of alkyl halides is 1. The molecule has 15 heavy (non-hydrogen) atoms. The van der Waals surface area contributed by atoms with Crippen molar-refractivity contribution in [1.82, 2.24) is 0 Å². The number of halogens is 1. The molecule has 0 saturated heterocycles. The summed E-state index contributed by atoms with van der Waals surface area (Å²) in [5, 5.41) is 0.881. The van der Waals surface area contributed by atoms with Crippen molar-refractivity contribution in [2.24, 2.45) is 0 Å². The Balaban J connectivity index is 0.00000112. The third-order valence-electron chi connectivity index (χ3n) is 2.16. The van der Waals surface area contributed by atoms with Gasteiger partial charge in [-0.15, -0.1) is 35.9 Å². The molecule has 0 aliphatic carbocycles. The minimum Gasteiger partial charge on any atom is -0.147 e. The summed E-state index contributed by atoms with van der Waals surface area (Å²) in [6.45, 7) is 0. The van der Waals surface area contributed by atoms with Gasteiger partial charge < -0.3 is 0 Å². The minimum atomic E-state index is 0. The molecule has 0 aliphatic heterocycles. The van der Waals surface area contributed by atoms with E-state index in [0.29, 0.717) is 0 Å². The van der Waals surface area contributed by atoms with Gasteiger partial charge in [0.2, 0.25) is 0 Å². The number of hydrogen-bond donors (Lipinski definition) is 0. The van der Waals surface area contributed by atoms with Crippen LogP contribution in [0.3, 0.4) is 0 Å². The van der Waals surface area contributed by atoms with E-state index in [9.17, 15) is 0 Å². The Hall–Kier alpha value is -0.418. The normalized spacial score (nSPS) is 9.40. The molecule has 0 heterocycles. The molecule has 0 unspecified atom stereocenters. The van der Waals surface area contributed by atoms with Crippen LogP contribution in [0, 0.1) is 6.07 Å². The Kier molecular flexibility index (Phi) is 5.25. The average molecular weight is 353 g/mol. The van der Waals surface area contributed by atoms with Gasteiger partial charge in [0.15, 0.2) is 0 Å². The molecule has 0 radical (unpaired) electrons. The summed E-state index contributed by atoms with van der Waals surface area (Å²) in [7, 11) is 0. The molecule has 0 N–H and O–H groups in total. The molecule has 2 aromatic rings. The molecular weight excluding hydrogens is 342 g/mol. The average Bonchev–Trinajstić information content (AvgIpc) is 2.30. The summed E-state index contributed by atoms with van der Waals surface area (Å²) in [6, 6.07) is 19.7. The van der Waals surface area contributed by atoms with Crippen molar-refractivity contribution < 1.29 is 20.4 Å². The molecule has 2 aromatic carbocycles. The van der Waals surface area contributed by atoms with Crippen LogP contribution in [-0.4, -0.2) is 0 Å². The molecule has 0 bridgehead atoms. The van der Waals surface area contributed by atoms with E-state index in [1.54, 1.807) is 0 Å². The van der Waals surface area contributed by atoms with Crippen LogP contribution >= 0.6 is 15.9 Å². The summed E-state index contributed by atoms with van der Waals surface area (Å²) in [6.07, 6.45) is 0. The van der Waals surface area contributed by atoms with Gasteiger partial charge in [-0.05, 0) is 0 Å². The van der Waals surface area contributed by atoms with Gasteiger partial charge in [0.05, 0.1) is 0 Å². The zero-order valence-corrected chi connectivity index (χ0v) is 11.2. The second-order valence-electron chi connectivity index (χ2n) is 3.07. The zero-order chi connectivity index (χ0) is 9.80. The van der Waals surface area contributed by atoms with E-state index in [-0.39, 0.29) is 20.4 Å². The Morgan fingerprint density at radius 3 is 2.40 bits per heavy atom. The van der Waals surface area contributed by atoms with E-state index < -0.39 is 0 Å². The fraction of sp³-hybridized carbons (Fsp3) is 0.0769. The van der Waals surface area contributed by atoms with Crippen LogP contribution in [0.5, 0.6) is 0 Å². The summed E-state index contributed by atoms with van der Waals surface area (Å²) < 4.78 is 0. The maximum absolute atomic E-state index is 3.49. The largest absolute Gasteiger partial charge is 0.147 e. The number of benzene rings is 2. The van der Waals surface area contributed by atoms with Gasteiger partial charge in [-0.2, -0.15) is 0 Å². The van der Waals surface area contributed by atoms with Gasteiger partial charge in [-0.3, -0.25) is 0 Å². The maximum atomic E-state index is 3.49. The topological polar surface area (TPSA) is 0 Å². The van der Waals surface area contributed by atoms with Crippen LogP contribution < -0.4 is 0 Å². The first kappa shape index (κ1) is 12.7. The van der Waals surface area contributed by atoms with Gasteiger partial charge in [0.25, 0.3) is 0 Å². The van der Waals surface area contributed by atoms with E-state index >= 15 is 0 Å². The first-order valence-corrected chi connectivity index (χ1v) is 5.65. The third-order valence-corrected chi connectivity index (χ3v) is 2.76. The van der Waals surface area contributed by atoms with Crippen LogP contribution in [0.25, 0.3) is 11.1 Å². The van der Waals surface area contributed by atoms with E-state index in [1.807, 2.05) is 18.2 Å². The molecule has 2 heteroatoms.